The van der Waals surface area contributed by atoms with Gasteiger partial charge in [-0.3, -0.25) is 9.48 Å². The number of hydrogen-bond acceptors (Lipinski definition) is 5. The normalized spacial score (nSPS) is 13.3. The van der Waals surface area contributed by atoms with Gasteiger partial charge in [-0.15, -0.1) is 0 Å². The summed E-state index contributed by atoms with van der Waals surface area (Å²) in [5.74, 6) is 0.220. The number of hydrogen-bond donors (Lipinski definition) is 0. The van der Waals surface area contributed by atoms with E-state index in [1.165, 1.54) is 0 Å². The average Bonchev–Trinajstić information content (AvgIpc) is 3.04. The van der Waals surface area contributed by atoms with E-state index < -0.39 is 5.97 Å². The molecule has 1 aromatic heterocycles. The van der Waals surface area contributed by atoms with Crippen LogP contribution in [0.5, 0.6) is 5.75 Å². The first-order valence-electron chi connectivity index (χ1n) is 7.79. The van der Waals surface area contributed by atoms with Crippen molar-refractivity contribution in [3.63, 3.8) is 0 Å². The number of nitrogens with zero attached hydrogens (tertiary/aromatic N) is 3. The molecule has 0 spiro atoms. The second-order valence-electron chi connectivity index (χ2n) is 5.42. The minimum absolute atomic E-state index is 0.0530. The first-order chi connectivity index (χ1) is 11.6. The molecule has 1 aliphatic rings. The molecule has 0 bridgehead atoms. The monoisotopic (exact) mass is 329 g/mol. The van der Waals surface area contributed by atoms with E-state index >= 15 is 0 Å². The lowest BCUT2D eigenvalue weighted by Crippen LogP contribution is -2.38. The van der Waals surface area contributed by atoms with Crippen molar-refractivity contribution in [1.29, 1.82) is 0 Å². The van der Waals surface area contributed by atoms with E-state index in [1.54, 1.807) is 53.9 Å². The molecule has 7 nitrogen and oxygen atoms in total. The number of methoxy groups -OCH3 is 1. The molecule has 7 heteroatoms. The van der Waals surface area contributed by atoms with Crippen molar-refractivity contribution in [2.75, 3.05) is 20.3 Å². The van der Waals surface area contributed by atoms with Crippen LogP contribution in [0, 0.1) is 0 Å². The summed E-state index contributed by atoms with van der Waals surface area (Å²) >= 11 is 0. The van der Waals surface area contributed by atoms with E-state index in [0.29, 0.717) is 37.6 Å². The van der Waals surface area contributed by atoms with E-state index in [4.69, 9.17) is 9.47 Å². The third-order valence-electron chi connectivity index (χ3n) is 3.91. The summed E-state index contributed by atoms with van der Waals surface area (Å²) in [7, 11) is 1.59. The van der Waals surface area contributed by atoms with Gasteiger partial charge in [0.15, 0.2) is 5.69 Å². The van der Waals surface area contributed by atoms with Crippen LogP contribution in [0.3, 0.4) is 0 Å². The molecule has 24 heavy (non-hydrogen) atoms. The smallest absolute Gasteiger partial charge is 0.358 e. The Hall–Kier alpha value is -2.83. The number of esters is 1. The minimum atomic E-state index is -0.438. The standard InChI is InChI=1S/C17H19N3O4/c1-3-24-17(22)15-10-13-11-19(8-9-20(13)18-15)16(21)12-4-6-14(23-2)7-5-12/h4-7,10H,3,8-9,11H2,1-2H3. The molecule has 1 aromatic carbocycles. The highest BCUT2D eigenvalue weighted by molar-refractivity contribution is 5.94. The number of carbonyl (C=O) groups excluding carboxylic acids is 2. The molecule has 0 N–H and O–H groups in total. The third-order valence-corrected chi connectivity index (χ3v) is 3.91. The first kappa shape index (κ1) is 16.0. The van der Waals surface area contributed by atoms with Gasteiger partial charge in [0.2, 0.25) is 0 Å². The van der Waals surface area contributed by atoms with Crippen molar-refractivity contribution in [1.82, 2.24) is 14.7 Å². The van der Waals surface area contributed by atoms with Gasteiger partial charge in [0.05, 0.1) is 32.5 Å². The highest BCUT2D eigenvalue weighted by Crippen LogP contribution is 2.18. The number of fused-ring (bicyclic) bond motifs is 1. The Morgan fingerprint density at radius 2 is 1.96 bits per heavy atom. The maximum Gasteiger partial charge on any atom is 0.358 e. The van der Waals surface area contributed by atoms with Crippen LogP contribution >= 0.6 is 0 Å². The first-order valence-corrected chi connectivity index (χ1v) is 7.79. The second-order valence-corrected chi connectivity index (χ2v) is 5.42. The summed E-state index contributed by atoms with van der Waals surface area (Å²) in [5, 5.41) is 4.25. The van der Waals surface area contributed by atoms with E-state index in [0.717, 1.165) is 5.69 Å². The second kappa shape index (κ2) is 6.74. The molecular weight excluding hydrogens is 310 g/mol. The average molecular weight is 329 g/mol. The van der Waals surface area contributed by atoms with Gasteiger partial charge in [-0.2, -0.15) is 5.10 Å². The molecule has 0 atom stereocenters. The fourth-order valence-electron chi connectivity index (χ4n) is 2.66. The van der Waals surface area contributed by atoms with Crippen LogP contribution in [0.1, 0.15) is 33.5 Å². The van der Waals surface area contributed by atoms with E-state index in [-0.39, 0.29) is 11.6 Å². The molecule has 2 aromatic rings. The van der Waals surface area contributed by atoms with Crippen LogP contribution in [0.25, 0.3) is 0 Å². The van der Waals surface area contributed by atoms with Gasteiger partial charge in [-0.25, -0.2) is 4.79 Å². The Kier molecular flexibility index (Phi) is 4.50. The van der Waals surface area contributed by atoms with Crippen LogP contribution in [-0.4, -0.2) is 46.8 Å². The SMILES string of the molecule is CCOC(=O)c1cc2n(n1)CCN(C(=O)c1ccc(OC)cc1)C2. The predicted molar refractivity (Wildman–Crippen MR) is 85.9 cm³/mol. The van der Waals surface area contributed by atoms with Gasteiger partial charge in [0.1, 0.15) is 5.75 Å². The summed E-state index contributed by atoms with van der Waals surface area (Å²) in [5.41, 5.74) is 1.71. The summed E-state index contributed by atoms with van der Waals surface area (Å²) in [6, 6.07) is 8.71. The predicted octanol–water partition coefficient (Wildman–Crippen LogP) is 1.72. The van der Waals surface area contributed by atoms with Crippen molar-refractivity contribution < 1.29 is 19.1 Å². The van der Waals surface area contributed by atoms with E-state index in [1.807, 2.05) is 0 Å². The van der Waals surface area contributed by atoms with Crippen molar-refractivity contribution >= 4 is 11.9 Å². The summed E-state index contributed by atoms with van der Waals surface area (Å²) < 4.78 is 11.8. The number of ether oxygens (including phenoxy) is 2. The lowest BCUT2D eigenvalue weighted by Gasteiger charge is -2.27. The van der Waals surface area contributed by atoms with Crippen LogP contribution in [0.15, 0.2) is 30.3 Å². The Morgan fingerprint density at radius 1 is 1.21 bits per heavy atom. The molecule has 0 saturated carbocycles. The Bertz CT molecular complexity index is 752. The maximum absolute atomic E-state index is 12.6. The van der Waals surface area contributed by atoms with Crippen molar-refractivity contribution in [3.05, 3.63) is 47.3 Å². The fraction of sp³-hybridized carbons (Fsp3) is 0.353. The number of rotatable bonds is 4. The molecule has 0 fully saturated rings. The topological polar surface area (TPSA) is 73.7 Å². The maximum atomic E-state index is 12.6. The quantitative estimate of drug-likeness (QED) is 0.799. The van der Waals surface area contributed by atoms with Crippen molar-refractivity contribution in [2.45, 2.75) is 20.0 Å². The van der Waals surface area contributed by atoms with Gasteiger partial charge in [-0.1, -0.05) is 0 Å². The Balaban J connectivity index is 1.74. The molecular formula is C17H19N3O4. The molecule has 3 rings (SSSR count). The number of amides is 1. The van der Waals surface area contributed by atoms with Crippen LogP contribution in [-0.2, 0) is 17.8 Å². The number of benzene rings is 1. The third kappa shape index (κ3) is 3.10. The molecule has 0 radical (unpaired) electrons. The molecule has 2 heterocycles. The van der Waals surface area contributed by atoms with Gasteiger partial charge >= 0.3 is 5.97 Å². The lowest BCUT2D eigenvalue weighted by molar-refractivity contribution is 0.0517. The number of carbonyl (C=O) groups is 2. The highest BCUT2D eigenvalue weighted by atomic mass is 16.5. The van der Waals surface area contributed by atoms with Gasteiger partial charge in [0, 0.05) is 12.1 Å². The van der Waals surface area contributed by atoms with Gasteiger partial charge < -0.3 is 14.4 Å². The number of aromatic nitrogens is 2. The van der Waals surface area contributed by atoms with Crippen LogP contribution in [0.4, 0.5) is 0 Å². The zero-order chi connectivity index (χ0) is 17.1. The summed E-state index contributed by atoms with van der Waals surface area (Å²) in [4.78, 5) is 26.1. The Labute approximate surface area is 139 Å². The van der Waals surface area contributed by atoms with E-state index in [9.17, 15) is 9.59 Å². The lowest BCUT2D eigenvalue weighted by atomic mass is 10.1. The Morgan fingerprint density at radius 3 is 2.62 bits per heavy atom. The molecule has 126 valence electrons. The summed E-state index contributed by atoms with van der Waals surface area (Å²) in [6.45, 7) is 3.57. The van der Waals surface area contributed by atoms with Gasteiger partial charge in [-0.05, 0) is 37.3 Å². The zero-order valence-corrected chi connectivity index (χ0v) is 13.7. The highest BCUT2D eigenvalue weighted by Gasteiger charge is 2.25. The van der Waals surface area contributed by atoms with Crippen molar-refractivity contribution in [3.8, 4) is 5.75 Å². The fourth-order valence-corrected chi connectivity index (χ4v) is 2.66. The largest absolute Gasteiger partial charge is 0.497 e. The molecule has 0 unspecified atom stereocenters. The van der Waals surface area contributed by atoms with Crippen LogP contribution in [0.2, 0.25) is 0 Å². The zero-order valence-electron chi connectivity index (χ0n) is 13.7. The summed E-state index contributed by atoms with van der Waals surface area (Å²) in [6.07, 6.45) is 0. The molecule has 0 aliphatic carbocycles. The van der Waals surface area contributed by atoms with Gasteiger partial charge in [0.25, 0.3) is 5.91 Å². The molecule has 1 amide bonds. The molecule has 0 saturated heterocycles. The molecule has 1 aliphatic heterocycles. The van der Waals surface area contributed by atoms with Crippen molar-refractivity contribution in [2.24, 2.45) is 0 Å². The minimum Gasteiger partial charge on any atom is -0.497 e. The van der Waals surface area contributed by atoms with E-state index in [2.05, 4.69) is 5.10 Å². The van der Waals surface area contributed by atoms with Crippen LogP contribution < -0.4 is 4.74 Å².